The first-order valence-electron chi connectivity index (χ1n) is 10.3. The van der Waals surface area contributed by atoms with Crippen LogP contribution in [0.2, 0.25) is 0 Å². The summed E-state index contributed by atoms with van der Waals surface area (Å²) in [4.78, 5) is 15.3. The van der Waals surface area contributed by atoms with Gasteiger partial charge < -0.3 is 5.32 Å². The molecular weight excluding hydrogens is 384 g/mol. The Morgan fingerprint density at radius 2 is 1.59 bits per heavy atom. The minimum atomic E-state index is -3.22. The van der Waals surface area contributed by atoms with E-state index >= 15 is 0 Å². The number of carbonyl (C=O) groups excluding carboxylic acids is 1. The van der Waals surface area contributed by atoms with Gasteiger partial charge in [-0.15, -0.1) is 0 Å². The molecule has 0 spiro atoms. The molecule has 6 heteroatoms. The van der Waals surface area contributed by atoms with Crippen molar-refractivity contribution < 1.29 is 13.2 Å². The summed E-state index contributed by atoms with van der Waals surface area (Å²) in [7, 11) is -3.22. The molecule has 1 heterocycles. The highest BCUT2D eigenvalue weighted by Gasteiger charge is 2.22. The Labute approximate surface area is 174 Å². The van der Waals surface area contributed by atoms with Gasteiger partial charge in [0.25, 0.3) is 0 Å². The fourth-order valence-corrected chi connectivity index (χ4v) is 4.48. The third-order valence-electron chi connectivity index (χ3n) is 5.47. The molecule has 156 valence electrons. The molecule has 29 heavy (non-hydrogen) atoms. The number of amides is 1. The Hall–Kier alpha value is -2.18. The van der Waals surface area contributed by atoms with E-state index < -0.39 is 9.84 Å². The van der Waals surface area contributed by atoms with Crippen LogP contribution in [-0.4, -0.2) is 45.1 Å². The van der Waals surface area contributed by atoms with Crippen molar-refractivity contribution >= 4 is 15.7 Å². The number of nitrogens with zero attached hydrogens (tertiary/aromatic N) is 1. The van der Waals surface area contributed by atoms with Crippen molar-refractivity contribution in [3.05, 3.63) is 65.7 Å². The van der Waals surface area contributed by atoms with Crippen LogP contribution in [0.4, 0.5) is 0 Å². The largest absolute Gasteiger partial charge is 0.354 e. The molecule has 0 aliphatic carbocycles. The Kier molecular flexibility index (Phi) is 7.45. The van der Waals surface area contributed by atoms with Crippen molar-refractivity contribution in [2.45, 2.75) is 43.0 Å². The molecule has 0 saturated carbocycles. The van der Waals surface area contributed by atoms with Crippen molar-refractivity contribution in [2.24, 2.45) is 0 Å². The van der Waals surface area contributed by atoms with Crippen LogP contribution < -0.4 is 5.32 Å². The Balaban J connectivity index is 1.63. The summed E-state index contributed by atoms with van der Waals surface area (Å²) in [6.07, 6.45) is 6.36. The quantitative estimate of drug-likeness (QED) is 0.754. The van der Waals surface area contributed by atoms with E-state index in [4.69, 9.17) is 0 Å². The monoisotopic (exact) mass is 414 g/mol. The van der Waals surface area contributed by atoms with Crippen LogP contribution in [0.5, 0.6) is 0 Å². The molecule has 1 atom stereocenters. The first-order chi connectivity index (χ1) is 13.9. The van der Waals surface area contributed by atoms with Gasteiger partial charge in [-0.1, -0.05) is 55.3 Å². The van der Waals surface area contributed by atoms with Crippen LogP contribution in [-0.2, 0) is 21.1 Å². The lowest BCUT2D eigenvalue weighted by Crippen LogP contribution is -2.39. The van der Waals surface area contributed by atoms with Crippen LogP contribution in [0.3, 0.4) is 0 Å². The van der Waals surface area contributed by atoms with E-state index in [1.165, 1.54) is 37.5 Å². The summed E-state index contributed by atoms with van der Waals surface area (Å²) >= 11 is 0. The van der Waals surface area contributed by atoms with Gasteiger partial charge in [0.15, 0.2) is 9.84 Å². The van der Waals surface area contributed by atoms with E-state index in [0.29, 0.717) is 6.54 Å². The van der Waals surface area contributed by atoms with Gasteiger partial charge in [-0.25, -0.2) is 8.42 Å². The predicted molar refractivity (Wildman–Crippen MR) is 115 cm³/mol. The number of benzene rings is 2. The van der Waals surface area contributed by atoms with Gasteiger partial charge in [0.2, 0.25) is 5.91 Å². The van der Waals surface area contributed by atoms with Crippen molar-refractivity contribution in [2.75, 3.05) is 25.9 Å². The van der Waals surface area contributed by atoms with Crippen LogP contribution in [0.25, 0.3) is 0 Å². The SMILES string of the molecule is CS(=O)(=O)c1ccc(CC(=O)NCC(c2ccccc2)N2CCCCCC2)cc1. The second kappa shape index (κ2) is 10.0. The van der Waals surface area contributed by atoms with E-state index in [-0.39, 0.29) is 23.3 Å². The average Bonchev–Trinajstić information content (AvgIpc) is 2.98. The normalized spacial score (nSPS) is 16.7. The number of nitrogens with one attached hydrogen (secondary N) is 1. The zero-order valence-corrected chi connectivity index (χ0v) is 17.8. The van der Waals surface area contributed by atoms with Gasteiger partial charge in [0, 0.05) is 12.8 Å². The van der Waals surface area contributed by atoms with Crippen molar-refractivity contribution in [1.82, 2.24) is 10.2 Å². The molecule has 0 aromatic heterocycles. The summed E-state index contributed by atoms with van der Waals surface area (Å²) in [5.41, 5.74) is 2.04. The van der Waals surface area contributed by atoms with E-state index in [9.17, 15) is 13.2 Å². The smallest absolute Gasteiger partial charge is 0.224 e. The predicted octanol–water partition coefficient (Wildman–Crippen LogP) is 3.37. The topological polar surface area (TPSA) is 66.5 Å². The summed E-state index contributed by atoms with van der Waals surface area (Å²) in [5.74, 6) is -0.0483. The molecule has 0 bridgehead atoms. The lowest BCUT2D eigenvalue weighted by atomic mass is 10.0. The van der Waals surface area contributed by atoms with Gasteiger partial charge in [0.1, 0.15) is 0 Å². The second-order valence-electron chi connectivity index (χ2n) is 7.77. The molecule has 2 aromatic carbocycles. The molecule has 1 saturated heterocycles. The minimum Gasteiger partial charge on any atom is -0.354 e. The van der Waals surface area contributed by atoms with E-state index in [1.54, 1.807) is 24.3 Å². The number of hydrogen-bond acceptors (Lipinski definition) is 4. The van der Waals surface area contributed by atoms with Crippen LogP contribution in [0.1, 0.15) is 42.9 Å². The number of sulfone groups is 1. The summed E-state index contributed by atoms with van der Waals surface area (Å²) < 4.78 is 23.1. The minimum absolute atomic E-state index is 0.0483. The fourth-order valence-electron chi connectivity index (χ4n) is 3.85. The fraction of sp³-hybridized carbons (Fsp3) is 0.435. The van der Waals surface area contributed by atoms with E-state index in [1.807, 2.05) is 18.2 Å². The highest BCUT2D eigenvalue weighted by Crippen LogP contribution is 2.23. The summed E-state index contributed by atoms with van der Waals surface area (Å²) in [6, 6.07) is 17.1. The van der Waals surface area contributed by atoms with Crippen LogP contribution in [0.15, 0.2) is 59.5 Å². The number of hydrogen-bond donors (Lipinski definition) is 1. The van der Waals surface area contributed by atoms with Gasteiger partial charge in [-0.05, 0) is 49.2 Å². The summed E-state index contributed by atoms with van der Waals surface area (Å²) in [6.45, 7) is 2.69. The highest BCUT2D eigenvalue weighted by atomic mass is 32.2. The third kappa shape index (κ3) is 6.41. The molecule has 2 aromatic rings. The maximum absolute atomic E-state index is 12.5. The Bertz CT molecular complexity index is 887. The zero-order chi connectivity index (χ0) is 20.7. The van der Waals surface area contributed by atoms with E-state index in [2.05, 4.69) is 22.3 Å². The molecule has 3 rings (SSSR count). The second-order valence-corrected chi connectivity index (χ2v) is 9.79. The van der Waals surface area contributed by atoms with Crippen molar-refractivity contribution in [3.8, 4) is 0 Å². The molecule has 1 aliphatic heterocycles. The molecule has 1 amide bonds. The highest BCUT2D eigenvalue weighted by molar-refractivity contribution is 7.90. The standard InChI is InChI=1S/C23H30N2O3S/c1-29(27,28)21-13-11-19(12-14-21)17-23(26)24-18-22(20-9-5-4-6-10-20)25-15-7-2-3-8-16-25/h4-6,9-14,22H,2-3,7-8,15-18H2,1H3,(H,24,26). The first kappa shape index (κ1) is 21.5. The molecule has 1 fully saturated rings. The maximum atomic E-state index is 12.5. The molecular formula is C23H30N2O3S. The molecule has 0 radical (unpaired) electrons. The number of rotatable bonds is 7. The molecule has 1 unspecified atom stereocenters. The van der Waals surface area contributed by atoms with Gasteiger partial charge in [-0.3, -0.25) is 9.69 Å². The summed E-state index contributed by atoms with van der Waals surface area (Å²) in [5, 5.41) is 3.09. The number of carbonyl (C=O) groups is 1. The average molecular weight is 415 g/mol. The third-order valence-corrected chi connectivity index (χ3v) is 6.60. The van der Waals surface area contributed by atoms with E-state index in [0.717, 1.165) is 18.7 Å². The zero-order valence-electron chi connectivity index (χ0n) is 17.0. The van der Waals surface area contributed by atoms with Crippen LogP contribution in [0, 0.1) is 0 Å². The Morgan fingerprint density at radius 3 is 2.17 bits per heavy atom. The first-order valence-corrected chi connectivity index (χ1v) is 12.2. The van der Waals surface area contributed by atoms with Crippen molar-refractivity contribution in [1.29, 1.82) is 0 Å². The molecule has 5 nitrogen and oxygen atoms in total. The van der Waals surface area contributed by atoms with Gasteiger partial charge in [0.05, 0.1) is 17.4 Å². The molecule has 1 N–H and O–H groups in total. The number of likely N-dealkylation sites (tertiary alicyclic amines) is 1. The van der Waals surface area contributed by atoms with Gasteiger partial charge in [-0.2, -0.15) is 0 Å². The van der Waals surface area contributed by atoms with Crippen molar-refractivity contribution in [3.63, 3.8) is 0 Å². The lowest BCUT2D eigenvalue weighted by Gasteiger charge is -2.31. The maximum Gasteiger partial charge on any atom is 0.224 e. The molecule has 1 aliphatic rings. The Morgan fingerprint density at radius 1 is 0.966 bits per heavy atom. The van der Waals surface area contributed by atoms with Gasteiger partial charge >= 0.3 is 0 Å². The van der Waals surface area contributed by atoms with Crippen LogP contribution >= 0.6 is 0 Å². The lowest BCUT2D eigenvalue weighted by molar-refractivity contribution is -0.120.